The molecule has 2 rings (SSSR count). The van der Waals surface area contributed by atoms with Crippen molar-refractivity contribution in [3.63, 3.8) is 0 Å². The Morgan fingerprint density at radius 2 is 2.41 bits per heavy atom. The van der Waals surface area contributed by atoms with E-state index in [1.165, 1.54) is 0 Å². The SMILES string of the molecule is CC1OCCC1CNc1ccc(C(N)=O)nn1. The second-order valence-electron chi connectivity index (χ2n) is 4.17. The maximum atomic E-state index is 10.8. The van der Waals surface area contributed by atoms with Crippen LogP contribution >= 0.6 is 0 Å². The highest BCUT2D eigenvalue weighted by atomic mass is 16.5. The molecule has 1 aromatic rings. The lowest BCUT2D eigenvalue weighted by Gasteiger charge is -2.14. The Hall–Kier alpha value is -1.69. The van der Waals surface area contributed by atoms with Gasteiger partial charge < -0.3 is 15.8 Å². The van der Waals surface area contributed by atoms with Gasteiger partial charge in [0, 0.05) is 19.1 Å². The number of anilines is 1. The van der Waals surface area contributed by atoms with E-state index in [9.17, 15) is 4.79 Å². The Labute approximate surface area is 99.6 Å². The first-order valence-electron chi connectivity index (χ1n) is 5.66. The predicted octanol–water partition coefficient (Wildman–Crippen LogP) is 0.412. The second kappa shape index (κ2) is 5.09. The molecule has 2 unspecified atom stereocenters. The highest BCUT2D eigenvalue weighted by Crippen LogP contribution is 2.20. The molecule has 3 N–H and O–H groups in total. The minimum atomic E-state index is -0.568. The van der Waals surface area contributed by atoms with Crippen molar-refractivity contribution in [2.24, 2.45) is 11.7 Å². The molecular formula is C11H16N4O2. The molecule has 92 valence electrons. The monoisotopic (exact) mass is 236 g/mol. The van der Waals surface area contributed by atoms with Crippen molar-refractivity contribution in [2.75, 3.05) is 18.5 Å². The zero-order valence-electron chi connectivity index (χ0n) is 9.72. The Kier molecular flexibility index (Phi) is 3.53. The van der Waals surface area contributed by atoms with Crippen LogP contribution in [0.25, 0.3) is 0 Å². The van der Waals surface area contributed by atoms with Gasteiger partial charge in [0.15, 0.2) is 5.69 Å². The largest absolute Gasteiger partial charge is 0.378 e. The fraction of sp³-hybridized carbons (Fsp3) is 0.545. The van der Waals surface area contributed by atoms with Gasteiger partial charge in [-0.05, 0) is 25.5 Å². The van der Waals surface area contributed by atoms with Crippen LogP contribution in [0.1, 0.15) is 23.8 Å². The molecule has 1 aliphatic rings. The number of carbonyl (C=O) groups is 1. The molecule has 0 bridgehead atoms. The molecule has 2 heterocycles. The van der Waals surface area contributed by atoms with E-state index in [4.69, 9.17) is 10.5 Å². The number of rotatable bonds is 4. The summed E-state index contributed by atoms with van der Waals surface area (Å²) < 4.78 is 5.47. The van der Waals surface area contributed by atoms with E-state index in [1.54, 1.807) is 12.1 Å². The quantitative estimate of drug-likeness (QED) is 0.790. The average Bonchev–Trinajstić information content (AvgIpc) is 2.73. The normalized spacial score (nSPS) is 23.6. The number of carbonyl (C=O) groups excluding carboxylic acids is 1. The van der Waals surface area contributed by atoms with E-state index >= 15 is 0 Å². The average molecular weight is 236 g/mol. The van der Waals surface area contributed by atoms with Gasteiger partial charge in [-0.25, -0.2) is 0 Å². The lowest BCUT2D eigenvalue weighted by atomic mass is 10.0. The van der Waals surface area contributed by atoms with E-state index in [-0.39, 0.29) is 11.8 Å². The minimum Gasteiger partial charge on any atom is -0.378 e. The fourth-order valence-electron chi connectivity index (χ4n) is 1.84. The number of primary amides is 1. The first-order valence-corrected chi connectivity index (χ1v) is 5.66. The second-order valence-corrected chi connectivity index (χ2v) is 4.17. The fourth-order valence-corrected chi connectivity index (χ4v) is 1.84. The third-order valence-electron chi connectivity index (χ3n) is 3.00. The van der Waals surface area contributed by atoms with Crippen LogP contribution in [0, 0.1) is 5.92 Å². The van der Waals surface area contributed by atoms with Gasteiger partial charge in [-0.15, -0.1) is 10.2 Å². The molecule has 0 spiro atoms. The van der Waals surface area contributed by atoms with E-state index < -0.39 is 5.91 Å². The predicted molar refractivity (Wildman–Crippen MR) is 62.6 cm³/mol. The summed E-state index contributed by atoms with van der Waals surface area (Å²) in [6.07, 6.45) is 1.33. The van der Waals surface area contributed by atoms with Crippen molar-refractivity contribution < 1.29 is 9.53 Å². The number of amides is 1. The molecule has 1 saturated heterocycles. The number of hydrogen-bond donors (Lipinski definition) is 2. The van der Waals surface area contributed by atoms with E-state index in [0.717, 1.165) is 19.6 Å². The van der Waals surface area contributed by atoms with Gasteiger partial charge in [0.1, 0.15) is 5.82 Å². The van der Waals surface area contributed by atoms with E-state index in [0.29, 0.717) is 11.7 Å². The Morgan fingerprint density at radius 3 is 2.94 bits per heavy atom. The van der Waals surface area contributed by atoms with E-state index in [2.05, 4.69) is 22.4 Å². The van der Waals surface area contributed by atoms with Crippen LogP contribution in [0.15, 0.2) is 12.1 Å². The summed E-state index contributed by atoms with van der Waals surface area (Å²) >= 11 is 0. The zero-order chi connectivity index (χ0) is 12.3. The zero-order valence-corrected chi connectivity index (χ0v) is 9.72. The van der Waals surface area contributed by atoms with Gasteiger partial charge in [0.2, 0.25) is 0 Å². The first kappa shape index (κ1) is 11.8. The lowest BCUT2D eigenvalue weighted by molar-refractivity contribution is 0.0994. The first-order chi connectivity index (χ1) is 8.16. The molecule has 0 aliphatic carbocycles. The number of nitrogens with one attached hydrogen (secondary N) is 1. The van der Waals surface area contributed by atoms with Crippen molar-refractivity contribution in [3.05, 3.63) is 17.8 Å². The number of nitrogens with zero attached hydrogens (tertiary/aromatic N) is 2. The maximum Gasteiger partial charge on any atom is 0.269 e. The highest BCUT2D eigenvalue weighted by molar-refractivity contribution is 5.90. The Morgan fingerprint density at radius 1 is 1.59 bits per heavy atom. The number of ether oxygens (including phenoxy) is 1. The topological polar surface area (TPSA) is 90.1 Å². The summed E-state index contributed by atoms with van der Waals surface area (Å²) in [5.74, 6) is 0.573. The van der Waals surface area contributed by atoms with Crippen molar-refractivity contribution in [1.29, 1.82) is 0 Å². The number of aromatic nitrogens is 2. The third-order valence-corrected chi connectivity index (χ3v) is 3.00. The molecule has 1 aliphatic heterocycles. The summed E-state index contributed by atoms with van der Waals surface area (Å²) in [7, 11) is 0. The highest BCUT2D eigenvalue weighted by Gasteiger charge is 2.23. The molecule has 2 atom stereocenters. The molecule has 6 heteroatoms. The molecule has 17 heavy (non-hydrogen) atoms. The van der Waals surface area contributed by atoms with Gasteiger partial charge in [-0.1, -0.05) is 0 Å². The molecule has 6 nitrogen and oxygen atoms in total. The van der Waals surface area contributed by atoms with Gasteiger partial charge in [0.05, 0.1) is 6.10 Å². The van der Waals surface area contributed by atoms with Crippen LogP contribution in [0.2, 0.25) is 0 Å². The van der Waals surface area contributed by atoms with Crippen molar-refractivity contribution in [2.45, 2.75) is 19.4 Å². The molecule has 1 fully saturated rings. The van der Waals surface area contributed by atoms with Crippen LogP contribution in [0.5, 0.6) is 0 Å². The van der Waals surface area contributed by atoms with Crippen LogP contribution in [0.4, 0.5) is 5.82 Å². The number of hydrogen-bond acceptors (Lipinski definition) is 5. The third kappa shape index (κ3) is 2.91. The van der Waals surface area contributed by atoms with Crippen molar-refractivity contribution >= 4 is 11.7 Å². The Bertz CT molecular complexity index is 393. The van der Waals surface area contributed by atoms with Crippen LogP contribution in [-0.2, 0) is 4.74 Å². The summed E-state index contributed by atoms with van der Waals surface area (Å²) in [6, 6.07) is 3.26. The molecule has 0 radical (unpaired) electrons. The lowest BCUT2D eigenvalue weighted by Crippen LogP contribution is -2.21. The van der Waals surface area contributed by atoms with Gasteiger partial charge in [-0.2, -0.15) is 0 Å². The molecule has 0 saturated carbocycles. The van der Waals surface area contributed by atoms with Crippen molar-refractivity contribution in [1.82, 2.24) is 10.2 Å². The summed E-state index contributed by atoms with van der Waals surface area (Å²) in [6.45, 7) is 3.69. The van der Waals surface area contributed by atoms with E-state index in [1.807, 2.05) is 0 Å². The standard InChI is InChI=1S/C11H16N4O2/c1-7-8(4-5-17-7)6-13-10-3-2-9(11(12)16)14-15-10/h2-3,7-8H,4-6H2,1H3,(H2,12,16)(H,13,15). The smallest absolute Gasteiger partial charge is 0.269 e. The van der Waals surface area contributed by atoms with Crippen LogP contribution in [-0.4, -0.2) is 35.4 Å². The van der Waals surface area contributed by atoms with Crippen molar-refractivity contribution in [3.8, 4) is 0 Å². The van der Waals surface area contributed by atoms with Crippen LogP contribution < -0.4 is 11.1 Å². The number of nitrogens with two attached hydrogens (primary N) is 1. The van der Waals surface area contributed by atoms with Gasteiger partial charge in [0.25, 0.3) is 5.91 Å². The molecule has 1 amide bonds. The molecule has 1 aromatic heterocycles. The summed E-state index contributed by atoms with van der Waals surface area (Å²) in [4.78, 5) is 10.8. The van der Waals surface area contributed by atoms with Crippen LogP contribution in [0.3, 0.4) is 0 Å². The molecule has 0 aromatic carbocycles. The minimum absolute atomic E-state index is 0.174. The maximum absolute atomic E-state index is 10.8. The van der Waals surface area contributed by atoms with Gasteiger partial charge >= 0.3 is 0 Å². The summed E-state index contributed by atoms with van der Waals surface area (Å²) in [5.41, 5.74) is 5.25. The molecular weight excluding hydrogens is 220 g/mol. The Balaban J connectivity index is 1.88. The van der Waals surface area contributed by atoms with Gasteiger partial charge in [-0.3, -0.25) is 4.79 Å². The summed E-state index contributed by atoms with van der Waals surface area (Å²) in [5, 5.41) is 10.8.